The average molecular weight is 1130 g/mol. The summed E-state index contributed by atoms with van der Waals surface area (Å²) in [5.74, 6) is 4.60. The van der Waals surface area contributed by atoms with Crippen LogP contribution in [0.1, 0.15) is 83.8 Å². The van der Waals surface area contributed by atoms with Gasteiger partial charge in [-0.25, -0.2) is 9.97 Å². The predicted octanol–water partition coefficient (Wildman–Crippen LogP) is 7.91. The molecule has 0 radical (unpaired) electrons. The van der Waals surface area contributed by atoms with Crippen molar-refractivity contribution in [1.29, 1.82) is 0 Å². The van der Waals surface area contributed by atoms with E-state index in [0.717, 1.165) is 112 Å². The van der Waals surface area contributed by atoms with Gasteiger partial charge >= 0.3 is 0 Å². The number of aliphatic hydroxyl groups excluding tert-OH is 2. The minimum absolute atomic E-state index is 0.193. The van der Waals surface area contributed by atoms with Crippen molar-refractivity contribution in [3.05, 3.63) is 93.4 Å². The van der Waals surface area contributed by atoms with Crippen LogP contribution >= 0.6 is 31.9 Å². The highest BCUT2D eigenvalue weighted by Gasteiger charge is 2.25. The number of anilines is 5. The van der Waals surface area contributed by atoms with Crippen molar-refractivity contribution in [2.45, 2.75) is 91.8 Å². The minimum atomic E-state index is 0.193. The van der Waals surface area contributed by atoms with E-state index in [0.29, 0.717) is 19.1 Å². The maximum absolute atomic E-state index is 9.57. The van der Waals surface area contributed by atoms with Crippen molar-refractivity contribution in [3.63, 3.8) is 0 Å². The fraction of sp³-hybridized carbons (Fsp3) is 0.538. The molecule has 0 amide bonds. The number of fused-ring (bicyclic) bond motifs is 2. The molecule has 2 fully saturated rings. The summed E-state index contributed by atoms with van der Waals surface area (Å²) < 4.78 is 7.11. The third kappa shape index (κ3) is 21.2. The molecular weight excluding hydrogens is 1040 g/mol. The highest BCUT2D eigenvalue weighted by atomic mass is 79.9. The summed E-state index contributed by atoms with van der Waals surface area (Å²) in [7, 11) is 13.3. The van der Waals surface area contributed by atoms with Crippen LogP contribution in [0.25, 0.3) is 11.3 Å². The second-order valence-electron chi connectivity index (χ2n) is 18.6. The second-order valence-corrected chi connectivity index (χ2v) is 20.3. The summed E-state index contributed by atoms with van der Waals surface area (Å²) in [4.78, 5) is 33.0. The summed E-state index contributed by atoms with van der Waals surface area (Å²) in [6.45, 7) is 13.6. The topological polar surface area (TPSA) is 180 Å². The largest absolute Gasteiger partial charge is 0.397 e. The lowest BCUT2D eigenvalue weighted by Crippen LogP contribution is -2.40. The number of nitrogens with one attached hydrogen (secondary N) is 3. The van der Waals surface area contributed by atoms with Gasteiger partial charge in [-0.3, -0.25) is 4.84 Å². The van der Waals surface area contributed by atoms with E-state index in [9.17, 15) is 9.90 Å². The number of nitrogens with zero attached hydrogens (tertiary/aromatic N) is 11. The number of halogens is 2. The third-order valence-electron chi connectivity index (χ3n) is 10.6. The highest BCUT2D eigenvalue weighted by Crippen LogP contribution is 2.30. The Kier molecular flexibility index (Phi) is 28.5. The fourth-order valence-electron chi connectivity index (χ4n) is 7.32. The molecule has 0 spiro atoms. The Bertz CT molecular complexity index is 2410. The van der Waals surface area contributed by atoms with E-state index in [1.54, 1.807) is 31.2 Å². The van der Waals surface area contributed by atoms with Gasteiger partial charge in [-0.2, -0.15) is 19.2 Å². The summed E-state index contributed by atoms with van der Waals surface area (Å²) in [5, 5.41) is 36.1. The molecule has 5 aromatic heterocycles. The zero-order chi connectivity index (χ0) is 53.0. The third-order valence-corrected chi connectivity index (χ3v) is 11.7. The summed E-state index contributed by atoms with van der Waals surface area (Å²) in [6, 6.07) is 16.9. The van der Waals surface area contributed by atoms with Gasteiger partial charge in [0.1, 0.15) is 36.7 Å². The Morgan fingerprint density at radius 3 is 1.85 bits per heavy atom. The number of rotatable bonds is 14. The molecule has 20 heteroatoms. The molecule has 398 valence electrons. The minimum Gasteiger partial charge on any atom is -0.397 e. The van der Waals surface area contributed by atoms with Crippen molar-refractivity contribution < 1.29 is 24.6 Å². The standard InChI is InChI=1S/C20H26BrN6O2.C19H23BrN6.C4H9NO.C4H10.C3H9N.C2H6O/c1-29-25-8-4-5-15(14-25)12-22-18-11-19(24-20-17(21)13-23-27(18)20)26-9-3-2-6-16(26)7-10-28;1-21-15-7-5-14(6-8-15)12-22-17-11-18(25-9-3-2-4-10-25)24-19-16(20)13-23-26(17)19;1-5(2)3-4-6;2*1-4(2)3;1-2-3/h4-5,8,11,13-14,16,22,28H,2-3,6-7,9-10,12H2,1H3;5-8,11,13,21-22H,2-4,9-10,12H2,1H3;4H,3H2,1-2H3;4H,1-3H3;1-3H3;3H,2H2,1H3/q+1;;;;;. The van der Waals surface area contributed by atoms with Crippen molar-refractivity contribution in [2.75, 3.05) is 115 Å². The molecule has 72 heavy (non-hydrogen) atoms. The molecule has 0 aliphatic carbocycles. The lowest BCUT2D eigenvalue weighted by molar-refractivity contribution is -0.885. The summed E-state index contributed by atoms with van der Waals surface area (Å²) >= 11 is 7.14. The maximum Gasteiger partial charge on any atom is 0.227 e. The summed E-state index contributed by atoms with van der Waals surface area (Å²) in [5.41, 5.74) is 5.05. The number of piperidine rings is 2. The number of carbonyl (C=O) groups excluding carboxylic acids is 1. The van der Waals surface area contributed by atoms with Crippen LogP contribution in [0.3, 0.4) is 0 Å². The Hall–Kier alpha value is -5.12. The van der Waals surface area contributed by atoms with E-state index in [1.165, 1.54) is 31.2 Å². The first-order valence-electron chi connectivity index (χ1n) is 24.9. The number of likely N-dealkylation sites (N-methyl/N-ethyl adjacent to an activating group) is 1. The van der Waals surface area contributed by atoms with Crippen LogP contribution in [0.5, 0.6) is 0 Å². The van der Waals surface area contributed by atoms with Crippen molar-refractivity contribution in [1.82, 2.24) is 39.0 Å². The van der Waals surface area contributed by atoms with Gasteiger partial charge in [-0.05, 0) is 149 Å². The van der Waals surface area contributed by atoms with E-state index in [1.807, 2.05) is 85.6 Å². The predicted molar refractivity (Wildman–Crippen MR) is 301 cm³/mol. The average Bonchev–Trinajstić information content (AvgIpc) is 3.94. The van der Waals surface area contributed by atoms with Crippen LogP contribution in [-0.4, -0.2) is 150 Å². The Labute approximate surface area is 445 Å². The number of aldehydes is 1. The number of benzene rings is 1. The zero-order valence-corrected chi connectivity index (χ0v) is 47.8. The molecule has 0 bridgehead atoms. The SMILES string of the molecule is CC(C)C.CCO.CN(C)C.CN(C)CC=O.CNc1ccc(CNc2cc(N3CCCCC3)nc3c(Br)cnn23)cc1.CO[n+]1cccc(CNc2cc(N3CCCCC3CCO)nc3c(Br)cnn23)c1. The molecule has 2 saturated heterocycles. The Balaban J connectivity index is 0.000000290. The molecule has 8 rings (SSSR count). The molecule has 7 heterocycles. The van der Waals surface area contributed by atoms with Gasteiger partial charge in [-0.1, -0.05) is 32.9 Å². The quantitative estimate of drug-likeness (QED) is 0.0524. The first-order valence-corrected chi connectivity index (χ1v) is 26.5. The van der Waals surface area contributed by atoms with Crippen molar-refractivity contribution in [2.24, 2.45) is 5.92 Å². The lowest BCUT2D eigenvalue weighted by Gasteiger charge is -2.36. The molecule has 0 saturated carbocycles. The number of hydrogen-bond acceptors (Lipinski definition) is 15. The van der Waals surface area contributed by atoms with Crippen LogP contribution in [0, 0.1) is 5.92 Å². The number of aliphatic hydroxyl groups is 2. The first-order chi connectivity index (χ1) is 34.6. The molecule has 1 atom stereocenters. The van der Waals surface area contributed by atoms with Crippen LogP contribution in [0.15, 0.2) is 82.3 Å². The number of carbonyl (C=O) groups is 1. The fourth-order valence-corrected chi connectivity index (χ4v) is 8.02. The van der Waals surface area contributed by atoms with Gasteiger partial charge in [-0.15, -0.1) is 0 Å². The maximum atomic E-state index is 9.57. The van der Waals surface area contributed by atoms with E-state index in [2.05, 4.69) is 125 Å². The van der Waals surface area contributed by atoms with Gasteiger partial charge in [0, 0.05) is 93.2 Å². The smallest absolute Gasteiger partial charge is 0.227 e. The van der Waals surface area contributed by atoms with Crippen LogP contribution in [-0.2, 0) is 17.9 Å². The van der Waals surface area contributed by atoms with E-state index in [4.69, 9.17) is 19.9 Å². The second kappa shape index (κ2) is 33.6. The molecule has 2 aliphatic heterocycles. The van der Waals surface area contributed by atoms with E-state index < -0.39 is 0 Å². The number of pyridine rings is 1. The molecule has 1 unspecified atom stereocenters. The normalized spacial score (nSPS) is 14.1. The highest BCUT2D eigenvalue weighted by molar-refractivity contribution is 9.11. The monoisotopic (exact) mass is 1130 g/mol. The first kappa shape index (κ1) is 61.2. The summed E-state index contributed by atoms with van der Waals surface area (Å²) in [6.07, 6.45) is 16.2. The van der Waals surface area contributed by atoms with E-state index >= 15 is 0 Å². The molecule has 1 aromatic carbocycles. The number of hydrogen-bond donors (Lipinski definition) is 5. The van der Waals surface area contributed by atoms with Crippen molar-refractivity contribution in [3.8, 4) is 0 Å². The molecule has 18 nitrogen and oxygen atoms in total. The van der Waals surface area contributed by atoms with Gasteiger partial charge in [0.15, 0.2) is 11.3 Å². The van der Waals surface area contributed by atoms with Crippen LogP contribution in [0.2, 0.25) is 0 Å². The van der Waals surface area contributed by atoms with Gasteiger partial charge in [0.05, 0.1) is 27.9 Å². The van der Waals surface area contributed by atoms with Crippen LogP contribution in [0.4, 0.5) is 29.0 Å². The molecule has 5 N–H and O–H groups in total. The van der Waals surface area contributed by atoms with Crippen molar-refractivity contribution >= 4 is 78.4 Å². The van der Waals surface area contributed by atoms with Gasteiger partial charge in [0.25, 0.3) is 0 Å². The lowest BCUT2D eigenvalue weighted by atomic mass is 9.99. The van der Waals surface area contributed by atoms with E-state index in [-0.39, 0.29) is 13.2 Å². The van der Waals surface area contributed by atoms with Crippen LogP contribution < -0.4 is 35.3 Å². The molecule has 6 aromatic rings. The molecular formula is C52H83Br2N14O4+. The van der Waals surface area contributed by atoms with Gasteiger partial charge < -0.3 is 50.6 Å². The Morgan fingerprint density at radius 2 is 1.35 bits per heavy atom. The van der Waals surface area contributed by atoms with Gasteiger partial charge in [0.2, 0.25) is 12.4 Å². The number of aromatic nitrogens is 7. The molecule has 2 aliphatic rings. The zero-order valence-electron chi connectivity index (χ0n) is 44.7. The Morgan fingerprint density at radius 1 is 0.819 bits per heavy atom.